The van der Waals surface area contributed by atoms with Gasteiger partial charge in [0.2, 0.25) is 5.43 Å². The summed E-state index contributed by atoms with van der Waals surface area (Å²) in [6.45, 7) is 1.97. The van der Waals surface area contributed by atoms with Crippen LogP contribution in [0.4, 0.5) is 8.78 Å². The van der Waals surface area contributed by atoms with Gasteiger partial charge in [-0.05, 0) is 13.0 Å². The van der Waals surface area contributed by atoms with Crippen molar-refractivity contribution in [2.24, 2.45) is 0 Å². The summed E-state index contributed by atoms with van der Waals surface area (Å²) < 4.78 is 33.6. The van der Waals surface area contributed by atoms with Crippen LogP contribution >= 0.6 is 0 Å². The number of carbonyl (C=O) groups excluding carboxylic acids is 2. The molecule has 2 N–H and O–H groups in total. The maximum atomic E-state index is 13.7. The van der Waals surface area contributed by atoms with E-state index in [1.165, 1.54) is 21.7 Å². The van der Waals surface area contributed by atoms with Crippen molar-refractivity contribution in [3.05, 3.63) is 63.1 Å². The molecular formula is C19H18F2N3NaO5. The molecule has 2 aliphatic heterocycles. The molecule has 0 saturated carbocycles. The van der Waals surface area contributed by atoms with Crippen LogP contribution < -0.4 is 10.7 Å². The maximum absolute atomic E-state index is 13.7. The van der Waals surface area contributed by atoms with Crippen molar-refractivity contribution in [3.8, 4) is 5.75 Å². The number of aromatic hydroxyl groups is 1. The second-order valence-corrected chi connectivity index (χ2v) is 6.99. The van der Waals surface area contributed by atoms with Crippen molar-refractivity contribution in [1.29, 1.82) is 0 Å². The Kier molecular flexibility index (Phi) is 6.32. The fraction of sp³-hybridized carbons (Fsp3) is 0.316. The third-order valence-corrected chi connectivity index (χ3v) is 5.06. The number of rotatable bonds is 3. The van der Waals surface area contributed by atoms with Crippen LogP contribution in [-0.2, 0) is 17.8 Å². The summed E-state index contributed by atoms with van der Waals surface area (Å²) in [6, 6.07) is 2.70. The van der Waals surface area contributed by atoms with E-state index in [2.05, 4.69) is 5.32 Å². The summed E-state index contributed by atoms with van der Waals surface area (Å²) in [6.07, 6.45) is 0.617. The Balaban J connectivity index is 0.00000256. The Bertz CT molecular complexity index is 1090. The Morgan fingerprint density at radius 2 is 2.07 bits per heavy atom. The van der Waals surface area contributed by atoms with E-state index in [4.69, 9.17) is 4.74 Å². The van der Waals surface area contributed by atoms with Gasteiger partial charge in [0.25, 0.3) is 11.8 Å². The van der Waals surface area contributed by atoms with Crippen molar-refractivity contribution in [3.63, 3.8) is 0 Å². The Morgan fingerprint density at radius 3 is 2.77 bits per heavy atom. The second-order valence-electron chi connectivity index (χ2n) is 6.99. The van der Waals surface area contributed by atoms with Gasteiger partial charge in [0, 0.05) is 24.4 Å². The number of carbonyl (C=O) groups is 2. The van der Waals surface area contributed by atoms with Gasteiger partial charge in [0.15, 0.2) is 17.7 Å². The van der Waals surface area contributed by atoms with Crippen molar-refractivity contribution >= 4 is 41.4 Å². The van der Waals surface area contributed by atoms with Crippen LogP contribution in [0.2, 0.25) is 0 Å². The molecule has 154 valence electrons. The van der Waals surface area contributed by atoms with Crippen LogP contribution in [0, 0.1) is 11.6 Å². The van der Waals surface area contributed by atoms with Crippen LogP contribution in [0.5, 0.6) is 5.75 Å². The molecule has 3 heterocycles. The second kappa shape index (κ2) is 8.46. The Labute approximate surface area is 191 Å². The Morgan fingerprint density at radius 1 is 1.33 bits per heavy atom. The molecular weight excluding hydrogens is 411 g/mol. The first-order valence-electron chi connectivity index (χ1n) is 8.90. The quantitative estimate of drug-likeness (QED) is 0.685. The SMILES string of the molecule is C[C@@H]1COC2Cn3cc(C(=O)NCc4ccc(F)cc4F)c(=O)c(O)c3C(=O)N21.[NaH]. The van der Waals surface area contributed by atoms with Crippen LogP contribution in [-0.4, -0.2) is 74.8 Å². The van der Waals surface area contributed by atoms with E-state index in [1.807, 2.05) is 0 Å². The van der Waals surface area contributed by atoms with E-state index in [-0.39, 0.29) is 59.9 Å². The first-order valence-corrected chi connectivity index (χ1v) is 8.90. The fourth-order valence-electron chi connectivity index (χ4n) is 3.57. The van der Waals surface area contributed by atoms with Gasteiger partial charge >= 0.3 is 29.6 Å². The van der Waals surface area contributed by atoms with Gasteiger partial charge in [-0.15, -0.1) is 0 Å². The van der Waals surface area contributed by atoms with Gasteiger partial charge in [-0.3, -0.25) is 14.4 Å². The molecule has 0 spiro atoms. The summed E-state index contributed by atoms with van der Waals surface area (Å²) >= 11 is 0. The first kappa shape index (κ1) is 22.4. The zero-order chi connectivity index (χ0) is 20.9. The van der Waals surface area contributed by atoms with Crippen LogP contribution in [0.15, 0.2) is 29.2 Å². The number of halogens is 2. The molecule has 4 rings (SSSR count). The van der Waals surface area contributed by atoms with Crippen molar-refractivity contribution < 1.29 is 28.2 Å². The van der Waals surface area contributed by atoms with Crippen LogP contribution in [0.25, 0.3) is 0 Å². The molecule has 0 aliphatic carbocycles. The standard InChI is InChI=1S/C19H17F2N3O5.Na.H/c1-9-8-29-14-7-23-6-12(16(25)17(26)15(23)19(28)24(9)14)18(27)22-5-10-2-3-11(20)4-13(10)21;;/h2-4,6,9,14,26H,5,7-8H2,1H3,(H,22,27);;/t9-,14?;;/m1../s1. The zero-order valence-electron chi connectivity index (χ0n) is 15.3. The molecule has 0 bridgehead atoms. The minimum absolute atomic E-state index is 0. The van der Waals surface area contributed by atoms with Crippen LogP contribution in [0.3, 0.4) is 0 Å². The Hall–Kier alpha value is -2.27. The number of pyridine rings is 1. The number of ether oxygens (including phenoxy) is 1. The predicted molar refractivity (Wildman–Crippen MR) is 102 cm³/mol. The molecule has 1 fully saturated rings. The monoisotopic (exact) mass is 429 g/mol. The molecule has 2 atom stereocenters. The summed E-state index contributed by atoms with van der Waals surface area (Å²) in [4.78, 5) is 39.1. The zero-order valence-corrected chi connectivity index (χ0v) is 15.3. The van der Waals surface area contributed by atoms with Crippen molar-refractivity contribution in [2.45, 2.75) is 32.3 Å². The van der Waals surface area contributed by atoms with Crippen molar-refractivity contribution in [2.75, 3.05) is 6.61 Å². The molecule has 1 aromatic carbocycles. The van der Waals surface area contributed by atoms with E-state index in [0.717, 1.165) is 6.07 Å². The third kappa shape index (κ3) is 3.76. The fourth-order valence-corrected chi connectivity index (χ4v) is 3.57. The third-order valence-electron chi connectivity index (χ3n) is 5.06. The van der Waals surface area contributed by atoms with Gasteiger partial charge in [-0.1, -0.05) is 6.07 Å². The number of fused-ring (bicyclic) bond motifs is 2. The number of benzene rings is 1. The molecule has 1 aromatic heterocycles. The summed E-state index contributed by atoms with van der Waals surface area (Å²) in [5.74, 6) is -3.83. The van der Waals surface area contributed by atoms with Crippen molar-refractivity contribution in [1.82, 2.24) is 14.8 Å². The molecule has 11 heteroatoms. The molecule has 1 saturated heterocycles. The molecule has 2 amide bonds. The van der Waals surface area contributed by atoms with E-state index in [0.29, 0.717) is 12.7 Å². The topological polar surface area (TPSA) is 101 Å². The average Bonchev–Trinajstić information content (AvgIpc) is 3.04. The van der Waals surface area contributed by atoms with E-state index < -0.39 is 46.4 Å². The predicted octanol–water partition coefficient (Wildman–Crippen LogP) is 0.314. The van der Waals surface area contributed by atoms with Gasteiger partial charge in [-0.2, -0.15) is 0 Å². The summed E-state index contributed by atoms with van der Waals surface area (Å²) in [5.41, 5.74) is -1.58. The molecule has 8 nitrogen and oxygen atoms in total. The van der Waals surface area contributed by atoms with Gasteiger partial charge in [0.1, 0.15) is 17.2 Å². The average molecular weight is 429 g/mol. The van der Waals surface area contributed by atoms with E-state index >= 15 is 0 Å². The molecule has 1 unspecified atom stereocenters. The molecule has 0 radical (unpaired) electrons. The summed E-state index contributed by atoms with van der Waals surface area (Å²) in [5, 5.41) is 12.7. The van der Waals surface area contributed by atoms with Gasteiger partial charge in [-0.25, -0.2) is 8.78 Å². The number of amides is 2. The van der Waals surface area contributed by atoms with E-state index in [9.17, 15) is 28.3 Å². The number of hydrogen-bond acceptors (Lipinski definition) is 5. The van der Waals surface area contributed by atoms with Gasteiger partial charge in [0.05, 0.1) is 19.2 Å². The molecule has 30 heavy (non-hydrogen) atoms. The number of hydrogen-bond donors (Lipinski definition) is 2. The molecule has 2 aliphatic rings. The molecule has 2 aromatic rings. The first-order chi connectivity index (χ1) is 13.8. The summed E-state index contributed by atoms with van der Waals surface area (Å²) in [7, 11) is 0. The van der Waals surface area contributed by atoms with E-state index in [1.54, 1.807) is 6.92 Å². The normalized spacial score (nSPS) is 19.7. The number of aromatic nitrogens is 1. The minimum atomic E-state index is -1.01. The number of nitrogens with zero attached hydrogens (tertiary/aromatic N) is 2. The van der Waals surface area contributed by atoms with Gasteiger partial charge < -0.3 is 24.6 Å². The number of nitrogens with one attached hydrogen (secondary N) is 1. The van der Waals surface area contributed by atoms with Crippen LogP contribution in [0.1, 0.15) is 33.3 Å².